The summed E-state index contributed by atoms with van der Waals surface area (Å²) in [5.74, 6) is 0.662. The molecule has 5 heteroatoms. The van der Waals surface area contributed by atoms with E-state index in [-0.39, 0.29) is 5.92 Å². The molecule has 1 amide bonds. The highest BCUT2D eigenvalue weighted by molar-refractivity contribution is 5.83. The second kappa shape index (κ2) is 7.09. The fourth-order valence-corrected chi connectivity index (χ4v) is 2.81. The van der Waals surface area contributed by atoms with Gasteiger partial charge in [-0.3, -0.25) is 4.84 Å². The summed E-state index contributed by atoms with van der Waals surface area (Å²) in [6.07, 6.45) is 2.81. The molecule has 0 aromatic heterocycles. The molecule has 0 bridgehead atoms. The van der Waals surface area contributed by atoms with E-state index in [0.717, 1.165) is 30.7 Å². The maximum absolute atomic E-state index is 11.1. The SMILES string of the molecule is CCON(C(=O)O)c1ccc([C@H]2CC[C@H](C#N)CC2)cc1. The minimum absolute atomic E-state index is 0.195. The molecule has 1 N–H and O–H groups in total. The van der Waals surface area contributed by atoms with Crippen molar-refractivity contribution in [2.45, 2.75) is 38.5 Å². The third-order valence-corrected chi connectivity index (χ3v) is 3.94. The van der Waals surface area contributed by atoms with Gasteiger partial charge in [0.2, 0.25) is 0 Å². The predicted molar refractivity (Wildman–Crippen MR) is 78.9 cm³/mol. The van der Waals surface area contributed by atoms with Crippen LogP contribution in [0.5, 0.6) is 0 Å². The van der Waals surface area contributed by atoms with Crippen LogP contribution in [0, 0.1) is 17.2 Å². The molecule has 1 aliphatic carbocycles. The Balaban J connectivity index is 2.05. The molecule has 21 heavy (non-hydrogen) atoms. The zero-order valence-electron chi connectivity index (χ0n) is 12.2. The van der Waals surface area contributed by atoms with Crippen LogP contribution in [0.25, 0.3) is 0 Å². The van der Waals surface area contributed by atoms with Crippen molar-refractivity contribution in [3.05, 3.63) is 29.8 Å². The molecule has 0 heterocycles. The number of nitriles is 1. The minimum atomic E-state index is -1.13. The van der Waals surface area contributed by atoms with Gasteiger partial charge in [-0.15, -0.1) is 0 Å². The number of nitrogens with zero attached hydrogens (tertiary/aromatic N) is 2. The maximum atomic E-state index is 11.1. The number of hydrogen-bond acceptors (Lipinski definition) is 3. The number of carboxylic acid groups (broad SMARTS) is 1. The van der Waals surface area contributed by atoms with E-state index in [0.29, 0.717) is 18.2 Å². The number of amides is 1. The topological polar surface area (TPSA) is 73.6 Å². The Morgan fingerprint density at radius 2 is 1.95 bits per heavy atom. The van der Waals surface area contributed by atoms with E-state index < -0.39 is 6.09 Å². The fraction of sp³-hybridized carbons (Fsp3) is 0.500. The first kappa shape index (κ1) is 15.3. The molecular formula is C16H20N2O3. The van der Waals surface area contributed by atoms with Gasteiger partial charge in [-0.1, -0.05) is 12.1 Å². The molecule has 1 aliphatic rings. The maximum Gasteiger partial charge on any atom is 0.436 e. The number of carbonyl (C=O) groups is 1. The highest BCUT2D eigenvalue weighted by Gasteiger charge is 2.22. The lowest BCUT2D eigenvalue weighted by atomic mass is 9.79. The smallest absolute Gasteiger partial charge is 0.436 e. The van der Waals surface area contributed by atoms with Crippen LogP contribution in [0.4, 0.5) is 10.5 Å². The third kappa shape index (κ3) is 3.73. The highest BCUT2D eigenvalue weighted by atomic mass is 16.7. The Morgan fingerprint density at radius 3 is 2.43 bits per heavy atom. The van der Waals surface area contributed by atoms with Crippen LogP contribution in [0.1, 0.15) is 44.1 Å². The lowest BCUT2D eigenvalue weighted by Gasteiger charge is -2.25. The van der Waals surface area contributed by atoms with Gasteiger partial charge in [0, 0.05) is 5.92 Å². The van der Waals surface area contributed by atoms with Gasteiger partial charge in [0.1, 0.15) is 0 Å². The molecule has 0 unspecified atom stereocenters. The molecule has 0 saturated heterocycles. The summed E-state index contributed by atoms with van der Waals surface area (Å²) < 4.78 is 0. The predicted octanol–water partition coefficient (Wildman–Crippen LogP) is 3.92. The Morgan fingerprint density at radius 1 is 1.33 bits per heavy atom. The van der Waals surface area contributed by atoms with E-state index in [1.54, 1.807) is 19.1 Å². The van der Waals surface area contributed by atoms with E-state index in [2.05, 4.69) is 6.07 Å². The Labute approximate surface area is 124 Å². The average molecular weight is 288 g/mol. The van der Waals surface area contributed by atoms with E-state index in [4.69, 9.17) is 15.2 Å². The van der Waals surface area contributed by atoms with Gasteiger partial charge >= 0.3 is 6.09 Å². The molecule has 1 aromatic carbocycles. The number of rotatable bonds is 4. The first-order chi connectivity index (χ1) is 10.2. The van der Waals surface area contributed by atoms with Crippen LogP contribution in [-0.4, -0.2) is 17.8 Å². The second-order valence-electron chi connectivity index (χ2n) is 5.26. The zero-order valence-corrected chi connectivity index (χ0v) is 12.2. The van der Waals surface area contributed by atoms with Crippen LogP contribution in [0.2, 0.25) is 0 Å². The molecule has 112 valence electrons. The lowest BCUT2D eigenvalue weighted by Crippen LogP contribution is -2.29. The molecule has 1 saturated carbocycles. The van der Waals surface area contributed by atoms with Gasteiger partial charge in [-0.25, -0.2) is 4.79 Å². The van der Waals surface area contributed by atoms with Gasteiger partial charge in [0.15, 0.2) is 0 Å². The first-order valence-electron chi connectivity index (χ1n) is 7.31. The zero-order chi connectivity index (χ0) is 15.2. The molecular weight excluding hydrogens is 268 g/mol. The van der Waals surface area contributed by atoms with Crippen molar-refractivity contribution < 1.29 is 14.7 Å². The van der Waals surface area contributed by atoms with E-state index >= 15 is 0 Å². The standard InChI is InChI=1S/C16H20N2O3/c1-2-21-18(16(19)20)15-9-7-14(8-10-15)13-5-3-12(11-17)4-6-13/h7-10,12-13H,2-6H2,1H3,(H,19,20)/t12-,13-. The second-order valence-corrected chi connectivity index (χ2v) is 5.26. The Bertz CT molecular complexity index is 513. The van der Waals surface area contributed by atoms with Crippen molar-refractivity contribution in [2.75, 3.05) is 11.7 Å². The van der Waals surface area contributed by atoms with Crippen LogP contribution in [0.15, 0.2) is 24.3 Å². The molecule has 2 rings (SSSR count). The van der Waals surface area contributed by atoms with E-state index in [1.165, 1.54) is 5.56 Å². The highest BCUT2D eigenvalue weighted by Crippen LogP contribution is 2.36. The quantitative estimate of drug-likeness (QED) is 0.852. The summed E-state index contributed by atoms with van der Waals surface area (Å²) in [6.45, 7) is 2.05. The summed E-state index contributed by atoms with van der Waals surface area (Å²) in [7, 11) is 0. The van der Waals surface area contributed by atoms with Crippen molar-refractivity contribution in [1.82, 2.24) is 0 Å². The molecule has 0 radical (unpaired) electrons. The summed E-state index contributed by atoms with van der Waals surface area (Å²) in [5.41, 5.74) is 1.72. The van der Waals surface area contributed by atoms with Crippen LogP contribution in [-0.2, 0) is 4.84 Å². The number of anilines is 1. The summed E-state index contributed by atoms with van der Waals surface area (Å²) in [4.78, 5) is 16.2. The average Bonchev–Trinajstić information content (AvgIpc) is 2.53. The number of hydrogen-bond donors (Lipinski definition) is 1. The molecule has 0 spiro atoms. The lowest BCUT2D eigenvalue weighted by molar-refractivity contribution is 0.103. The largest absolute Gasteiger partial charge is 0.463 e. The normalized spacial score (nSPS) is 21.5. The molecule has 5 nitrogen and oxygen atoms in total. The van der Waals surface area contributed by atoms with Crippen molar-refractivity contribution in [1.29, 1.82) is 5.26 Å². The van der Waals surface area contributed by atoms with Gasteiger partial charge in [-0.2, -0.15) is 10.3 Å². The minimum Gasteiger partial charge on any atom is -0.463 e. The van der Waals surface area contributed by atoms with Crippen molar-refractivity contribution in [3.8, 4) is 6.07 Å². The molecule has 0 aliphatic heterocycles. The Hall–Kier alpha value is -2.06. The van der Waals surface area contributed by atoms with Crippen molar-refractivity contribution in [2.24, 2.45) is 5.92 Å². The third-order valence-electron chi connectivity index (χ3n) is 3.94. The van der Waals surface area contributed by atoms with Crippen LogP contribution < -0.4 is 5.06 Å². The number of benzene rings is 1. The fourth-order valence-electron chi connectivity index (χ4n) is 2.81. The number of hydroxylamine groups is 1. The summed E-state index contributed by atoms with van der Waals surface area (Å²) >= 11 is 0. The van der Waals surface area contributed by atoms with E-state index in [9.17, 15) is 4.79 Å². The first-order valence-corrected chi connectivity index (χ1v) is 7.31. The van der Waals surface area contributed by atoms with Gasteiger partial charge in [0.05, 0.1) is 18.4 Å². The summed E-state index contributed by atoms with van der Waals surface area (Å²) in [5, 5.41) is 18.9. The van der Waals surface area contributed by atoms with Crippen molar-refractivity contribution >= 4 is 11.8 Å². The summed E-state index contributed by atoms with van der Waals surface area (Å²) in [6, 6.07) is 9.80. The van der Waals surface area contributed by atoms with Gasteiger partial charge < -0.3 is 5.11 Å². The molecule has 0 atom stereocenters. The molecule has 1 aromatic rings. The Kier molecular flexibility index (Phi) is 5.18. The van der Waals surface area contributed by atoms with E-state index in [1.807, 2.05) is 12.1 Å². The molecule has 1 fully saturated rings. The van der Waals surface area contributed by atoms with Gasteiger partial charge in [0.25, 0.3) is 0 Å². The van der Waals surface area contributed by atoms with Crippen molar-refractivity contribution in [3.63, 3.8) is 0 Å². The van der Waals surface area contributed by atoms with Gasteiger partial charge in [-0.05, 0) is 56.2 Å². The van der Waals surface area contributed by atoms with Crippen LogP contribution in [0.3, 0.4) is 0 Å². The van der Waals surface area contributed by atoms with Crippen LogP contribution >= 0.6 is 0 Å². The monoisotopic (exact) mass is 288 g/mol.